The summed E-state index contributed by atoms with van der Waals surface area (Å²) in [5, 5.41) is 6.02. The first-order valence-electron chi connectivity index (χ1n) is 5.69. The molecule has 20 heavy (non-hydrogen) atoms. The van der Waals surface area contributed by atoms with Gasteiger partial charge in [0.15, 0.2) is 0 Å². The molecule has 0 saturated heterocycles. The summed E-state index contributed by atoms with van der Waals surface area (Å²) < 4.78 is 19.8. The molecule has 4 nitrogen and oxygen atoms in total. The van der Waals surface area contributed by atoms with E-state index in [0.717, 1.165) is 10.4 Å². The molecule has 7 heteroatoms. The van der Waals surface area contributed by atoms with E-state index in [-0.39, 0.29) is 12.4 Å². The lowest BCUT2D eigenvalue weighted by atomic mass is 10.2. The molecule has 0 aliphatic rings. The fourth-order valence-corrected chi connectivity index (χ4v) is 2.79. The summed E-state index contributed by atoms with van der Waals surface area (Å²) in [4.78, 5) is 12.5. The van der Waals surface area contributed by atoms with Crippen molar-refractivity contribution in [3.63, 3.8) is 0 Å². The van der Waals surface area contributed by atoms with Gasteiger partial charge in [0.1, 0.15) is 5.82 Å². The van der Waals surface area contributed by atoms with E-state index < -0.39 is 5.76 Å². The van der Waals surface area contributed by atoms with Gasteiger partial charge < -0.3 is 4.42 Å². The molecule has 3 aromatic rings. The quantitative estimate of drug-likeness (QED) is 0.722. The number of aromatic nitrogens is 2. The second kappa shape index (κ2) is 5.34. The SMILES string of the molecule is O=c1oc(-c2cccs2)nn1Cc1ccc(F)c(Br)c1. The number of thiophene rings is 1. The van der Waals surface area contributed by atoms with Gasteiger partial charge in [0.25, 0.3) is 5.89 Å². The number of benzene rings is 1. The fraction of sp³-hybridized carbons (Fsp3) is 0.0769. The summed E-state index contributed by atoms with van der Waals surface area (Å²) in [5.74, 6) is -0.583. The maximum Gasteiger partial charge on any atom is 0.437 e. The number of halogens is 2. The van der Waals surface area contributed by atoms with Gasteiger partial charge in [0, 0.05) is 0 Å². The zero-order valence-electron chi connectivity index (χ0n) is 10.0. The first-order valence-corrected chi connectivity index (χ1v) is 7.36. The van der Waals surface area contributed by atoms with Crippen LogP contribution in [0.1, 0.15) is 5.56 Å². The molecule has 0 radical (unpaired) electrons. The van der Waals surface area contributed by atoms with Gasteiger partial charge in [0.05, 0.1) is 15.9 Å². The van der Waals surface area contributed by atoms with E-state index in [1.165, 1.54) is 22.1 Å². The second-order valence-corrected chi connectivity index (χ2v) is 5.86. The predicted octanol–water partition coefficient (Wildman–Crippen LogP) is 3.51. The summed E-state index contributed by atoms with van der Waals surface area (Å²) in [5.41, 5.74) is 0.756. The van der Waals surface area contributed by atoms with Crippen molar-refractivity contribution in [2.24, 2.45) is 0 Å². The first-order chi connectivity index (χ1) is 9.63. The third-order valence-corrected chi connectivity index (χ3v) is 4.12. The smallest absolute Gasteiger partial charge is 0.387 e. The van der Waals surface area contributed by atoms with Gasteiger partial charge in [-0.25, -0.2) is 9.18 Å². The van der Waals surface area contributed by atoms with Crippen molar-refractivity contribution in [2.45, 2.75) is 6.54 Å². The molecular formula is C13H8BrFN2O2S. The first kappa shape index (κ1) is 13.3. The summed E-state index contributed by atoms with van der Waals surface area (Å²) in [7, 11) is 0. The van der Waals surface area contributed by atoms with Crippen molar-refractivity contribution >= 4 is 27.3 Å². The minimum absolute atomic E-state index is 0.229. The standard InChI is InChI=1S/C13H8BrFN2O2S/c14-9-6-8(3-4-10(9)15)7-17-13(18)19-12(16-17)11-2-1-5-20-11/h1-6H,7H2. The normalized spacial score (nSPS) is 10.9. The highest BCUT2D eigenvalue weighted by Crippen LogP contribution is 2.21. The fourth-order valence-electron chi connectivity index (χ4n) is 1.72. The molecule has 0 N–H and O–H groups in total. The van der Waals surface area contributed by atoms with Crippen LogP contribution in [0, 0.1) is 5.82 Å². The molecule has 3 rings (SSSR count). The van der Waals surface area contributed by atoms with Gasteiger partial charge in [-0.05, 0) is 45.1 Å². The predicted molar refractivity (Wildman–Crippen MR) is 77.3 cm³/mol. The van der Waals surface area contributed by atoms with E-state index >= 15 is 0 Å². The number of rotatable bonds is 3. The van der Waals surface area contributed by atoms with Gasteiger partial charge >= 0.3 is 5.76 Å². The highest BCUT2D eigenvalue weighted by Gasteiger charge is 2.11. The van der Waals surface area contributed by atoms with Crippen LogP contribution in [-0.2, 0) is 6.54 Å². The van der Waals surface area contributed by atoms with E-state index in [1.807, 2.05) is 17.5 Å². The average molecular weight is 355 g/mol. The molecule has 0 aliphatic carbocycles. The lowest BCUT2D eigenvalue weighted by Crippen LogP contribution is -2.16. The van der Waals surface area contributed by atoms with E-state index in [1.54, 1.807) is 12.1 Å². The largest absolute Gasteiger partial charge is 0.437 e. The number of hydrogen-bond donors (Lipinski definition) is 0. The second-order valence-electron chi connectivity index (χ2n) is 4.06. The highest BCUT2D eigenvalue weighted by atomic mass is 79.9. The third kappa shape index (κ3) is 2.59. The van der Waals surface area contributed by atoms with Gasteiger partial charge in [-0.3, -0.25) is 0 Å². The molecule has 0 saturated carbocycles. The highest BCUT2D eigenvalue weighted by molar-refractivity contribution is 9.10. The minimum Gasteiger partial charge on any atom is -0.387 e. The molecule has 0 fully saturated rings. The molecule has 0 spiro atoms. The van der Waals surface area contributed by atoms with E-state index in [9.17, 15) is 9.18 Å². The third-order valence-electron chi connectivity index (χ3n) is 2.65. The van der Waals surface area contributed by atoms with Crippen LogP contribution in [0.3, 0.4) is 0 Å². The Hall–Kier alpha value is -1.73. The van der Waals surface area contributed by atoms with E-state index in [4.69, 9.17) is 4.42 Å². The molecule has 0 atom stereocenters. The van der Waals surface area contributed by atoms with Crippen LogP contribution >= 0.6 is 27.3 Å². The Kier molecular flexibility index (Phi) is 3.54. The van der Waals surface area contributed by atoms with Crippen LogP contribution in [-0.4, -0.2) is 9.78 Å². The number of hydrogen-bond acceptors (Lipinski definition) is 4. The maximum absolute atomic E-state index is 13.2. The monoisotopic (exact) mass is 354 g/mol. The molecular weight excluding hydrogens is 347 g/mol. The maximum atomic E-state index is 13.2. The summed E-state index contributed by atoms with van der Waals surface area (Å²) >= 11 is 4.55. The van der Waals surface area contributed by atoms with Crippen molar-refractivity contribution < 1.29 is 8.81 Å². The van der Waals surface area contributed by atoms with Gasteiger partial charge in [-0.1, -0.05) is 12.1 Å². The topological polar surface area (TPSA) is 48.0 Å². The minimum atomic E-state index is -0.533. The Balaban J connectivity index is 1.91. The molecule has 0 bridgehead atoms. The molecule has 0 aliphatic heterocycles. The Morgan fingerprint density at radius 1 is 1.40 bits per heavy atom. The van der Waals surface area contributed by atoms with Gasteiger partial charge in [-0.2, -0.15) is 4.68 Å². The molecule has 102 valence electrons. The van der Waals surface area contributed by atoms with Crippen LogP contribution < -0.4 is 5.76 Å². The van der Waals surface area contributed by atoms with Crippen molar-refractivity contribution in [2.75, 3.05) is 0 Å². The summed E-state index contributed by atoms with van der Waals surface area (Å²) in [6.45, 7) is 0.229. The Morgan fingerprint density at radius 2 is 2.25 bits per heavy atom. The summed E-state index contributed by atoms with van der Waals surface area (Å²) in [6, 6.07) is 8.24. The van der Waals surface area contributed by atoms with Crippen molar-refractivity contribution in [1.29, 1.82) is 0 Å². The van der Waals surface area contributed by atoms with E-state index in [0.29, 0.717) is 10.4 Å². The molecule has 0 unspecified atom stereocenters. The van der Waals surface area contributed by atoms with Crippen LogP contribution in [0.4, 0.5) is 4.39 Å². The van der Waals surface area contributed by atoms with Crippen LogP contribution in [0.2, 0.25) is 0 Å². The van der Waals surface area contributed by atoms with Crippen LogP contribution in [0.25, 0.3) is 10.8 Å². The Morgan fingerprint density at radius 3 is 2.95 bits per heavy atom. The summed E-state index contributed by atoms with van der Waals surface area (Å²) in [6.07, 6.45) is 0. The van der Waals surface area contributed by atoms with Crippen LogP contribution in [0.15, 0.2) is 49.4 Å². The zero-order chi connectivity index (χ0) is 14.1. The lowest BCUT2D eigenvalue weighted by molar-refractivity contribution is 0.495. The van der Waals surface area contributed by atoms with Gasteiger partial charge in [0.2, 0.25) is 0 Å². The molecule has 0 amide bonds. The Labute approximate surface area is 125 Å². The molecule has 1 aromatic carbocycles. The van der Waals surface area contributed by atoms with Crippen molar-refractivity contribution in [1.82, 2.24) is 9.78 Å². The van der Waals surface area contributed by atoms with Gasteiger partial charge in [-0.15, -0.1) is 16.4 Å². The number of nitrogens with zero attached hydrogens (tertiary/aromatic N) is 2. The molecule has 2 aromatic heterocycles. The van der Waals surface area contributed by atoms with Crippen LogP contribution in [0.5, 0.6) is 0 Å². The van der Waals surface area contributed by atoms with Crippen molar-refractivity contribution in [3.05, 3.63) is 62.1 Å². The Bertz CT molecular complexity index is 795. The average Bonchev–Trinajstić information content (AvgIpc) is 3.04. The zero-order valence-corrected chi connectivity index (χ0v) is 12.4. The lowest BCUT2D eigenvalue weighted by Gasteiger charge is -2.01. The van der Waals surface area contributed by atoms with Crippen molar-refractivity contribution in [3.8, 4) is 10.8 Å². The molecule has 2 heterocycles. The van der Waals surface area contributed by atoms with E-state index in [2.05, 4.69) is 21.0 Å².